The molecule has 1 aromatic heterocycles. The summed E-state index contributed by atoms with van der Waals surface area (Å²) >= 11 is 1.87. The summed E-state index contributed by atoms with van der Waals surface area (Å²) in [4.78, 5) is 2.15. The number of sulfone groups is 1. The summed E-state index contributed by atoms with van der Waals surface area (Å²) in [5.74, 6) is 0. The maximum absolute atomic E-state index is 14.4. The minimum absolute atomic E-state index is 0.0113. The zero-order valence-corrected chi connectivity index (χ0v) is 31.8. The zero-order chi connectivity index (χ0) is 35.9. The Morgan fingerprint density at radius 2 is 1.06 bits per heavy atom. The van der Waals surface area contributed by atoms with Gasteiger partial charge in [-0.3, -0.25) is 0 Å². The first-order chi connectivity index (χ1) is 24.8. The Labute approximate surface area is 309 Å². The van der Waals surface area contributed by atoms with Crippen LogP contribution in [0.25, 0.3) is 48.7 Å². The van der Waals surface area contributed by atoms with Gasteiger partial charge in [0.05, 0.1) is 9.80 Å². The van der Waals surface area contributed by atoms with E-state index in [9.17, 15) is 8.42 Å². The molecule has 2 heterocycles. The van der Waals surface area contributed by atoms with Gasteiger partial charge in [0.1, 0.15) is 0 Å². The molecule has 6 aromatic carbocycles. The molecule has 0 atom stereocenters. The summed E-state index contributed by atoms with van der Waals surface area (Å²) in [5.41, 5.74) is 12.0. The largest absolute Gasteiger partial charge is 0.218 e. The van der Waals surface area contributed by atoms with Crippen LogP contribution in [-0.4, -0.2) is 8.42 Å². The number of fused-ring (bicyclic) bond motifs is 10. The third-order valence-corrected chi connectivity index (χ3v) is 14.3. The first kappa shape index (κ1) is 31.7. The maximum Gasteiger partial charge on any atom is 0.208 e. The molecular formula is C48H38O2S2. The van der Waals surface area contributed by atoms with Crippen LogP contribution in [-0.2, 0) is 20.7 Å². The van der Waals surface area contributed by atoms with Gasteiger partial charge in [0.2, 0.25) is 9.84 Å². The van der Waals surface area contributed by atoms with Gasteiger partial charge < -0.3 is 0 Å². The third-order valence-electron chi connectivity index (χ3n) is 11.3. The van der Waals surface area contributed by atoms with Gasteiger partial charge in [-0.25, -0.2) is 8.42 Å². The molecule has 3 aliphatic rings. The van der Waals surface area contributed by atoms with Crippen LogP contribution in [0.3, 0.4) is 0 Å². The number of benzene rings is 6. The lowest BCUT2D eigenvalue weighted by Gasteiger charge is -2.19. The minimum atomic E-state index is -3.73. The van der Waals surface area contributed by atoms with E-state index < -0.39 is 9.84 Å². The molecule has 1 aliphatic heterocycles. The van der Waals surface area contributed by atoms with Crippen molar-refractivity contribution in [3.05, 3.63) is 175 Å². The van der Waals surface area contributed by atoms with Gasteiger partial charge in [-0.15, -0.1) is 11.3 Å². The molecule has 0 radical (unpaired) electrons. The molecule has 0 amide bonds. The van der Waals surface area contributed by atoms with E-state index in [-0.39, 0.29) is 10.8 Å². The van der Waals surface area contributed by atoms with Crippen LogP contribution in [0.5, 0.6) is 0 Å². The number of hydrogen-bond acceptors (Lipinski definition) is 3. The second-order valence-electron chi connectivity index (χ2n) is 16.6. The van der Waals surface area contributed by atoms with Crippen LogP contribution in [0.15, 0.2) is 131 Å². The second kappa shape index (κ2) is 10.5. The summed E-state index contributed by atoms with van der Waals surface area (Å²) in [6.45, 7) is 13.4. The predicted octanol–water partition coefficient (Wildman–Crippen LogP) is 10.6. The van der Waals surface area contributed by atoms with Crippen molar-refractivity contribution >= 4 is 58.8 Å². The summed E-state index contributed by atoms with van der Waals surface area (Å²) in [7, 11) is -3.73. The van der Waals surface area contributed by atoms with E-state index in [2.05, 4.69) is 139 Å². The Morgan fingerprint density at radius 3 is 1.69 bits per heavy atom. The lowest BCUT2D eigenvalue weighted by Crippen LogP contribution is -2.14. The van der Waals surface area contributed by atoms with Gasteiger partial charge in [-0.1, -0.05) is 126 Å². The Hall–Kier alpha value is -5.03. The molecule has 0 unspecified atom stereocenters. The van der Waals surface area contributed by atoms with Crippen LogP contribution in [0.4, 0.5) is 0 Å². The molecule has 2 nitrogen and oxygen atoms in total. The quantitative estimate of drug-likeness (QED) is 0.179. The van der Waals surface area contributed by atoms with E-state index in [0.717, 1.165) is 43.8 Å². The van der Waals surface area contributed by atoms with E-state index in [1.807, 2.05) is 29.5 Å². The van der Waals surface area contributed by atoms with Gasteiger partial charge >= 0.3 is 0 Å². The van der Waals surface area contributed by atoms with Gasteiger partial charge in [-0.05, 0) is 102 Å². The smallest absolute Gasteiger partial charge is 0.208 e. The van der Waals surface area contributed by atoms with Crippen molar-refractivity contribution in [2.24, 2.45) is 0 Å². The first-order valence-corrected chi connectivity index (χ1v) is 20.3. The summed E-state index contributed by atoms with van der Waals surface area (Å²) in [6.07, 6.45) is 0. The molecule has 0 spiro atoms. The van der Waals surface area contributed by atoms with Gasteiger partial charge in [-0.2, -0.15) is 0 Å². The van der Waals surface area contributed by atoms with Gasteiger partial charge in [0.15, 0.2) is 0 Å². The Kier molecular flexibility index (Phi) is 6.42. The lowest BCUT2D eigenvalue weighted by atomic mass is 9.86. The molecule has 0 bridgehead atoms. The summed E-state index contributed by atoms with van der Waals surface area (Å²) < 4.78 is 30.2. The van der Waals surface area contributed by atoms with Gasteiger partial charge in [0, 0.05) is 42.8 Å². The molecule has 4 heteroatoms. The van der Waals surface area contributed by atoms with Crippen molar-refractivity contribution < 1.29 is 8.42 Å². The van der Waals surface area contributed by atoms with Crippen molar-refractivity contribution in [1.82, 2.24) is 0 Å². The maximum atomic E-state index is 14.4. The summed E-state index contributed by atoms with van der Waals surface area (Å²) in [6, 6.07) is 43.1. The average molecular weight is 711 g/mol. The molecule has 7 aromatic rings. The van der Waals surface area contributed by atoms with E-state index in [1.165, 1.54) is 53.6 Å². The highest BCUT2D eigenvalue weighted by molar-refractivity contribution is 7.96. The lowest BCUT2D eigenvalue weighted by molar-refractivity contribution is 0.590. The van der Waals surface area contributed by atoms with Crippen molar-refractivity contribution in [2.45, 2.75) is 57.3 Å². The number of rotatable bonds is 2. The SMILES string of the molecule is CC(C)(C)c1ccc(C2=c3cc4cc5c(cc4cc3C3=C2S(=O)(=O)c2ccccc23)=C(c2ccc(C(C)(C)C)cc2)c2sc3ccccc3c2-5)cc1. The van der Waals surface area contributed by atoms with E-state index in [0.29, 0.717) is 9.80 Å². The average Bonchev–Trinajstić information content (AvgIpc) is 3.81. The monoisotopic (exact) mass is 710 g/mol. The van der Waals surface area contributed by atoms with Crippen LogP contribution < -0.4 is 10.4 Å². The van der Waals surface area contributed by atoms with Crippen LogP contribution in [0, 0.1) is 0 Å². The predicted molar refractivity (Wildman–Crippen MR) is 218 cm³/mol. The van der Waals surface area contributed by atoms with Crippen molar-refractivity contribution in [3.63, 3.8) is 0 Å². The molecule has 52 heavy (non-hydrogen) atoms. The van der Waals surface area contributed by atoms with Crippen LogP contribution >= 0.6 is 11.3 Å². The van der Waals surface area contributed by atoms with Crippen molar-refractivity contribution in [3.8, 4) is 11.1 Å². The molecule has 0 saturated carbocycles. The third kappa shape index (κ3) is 4.38. The topological polar surface area (TPSA) is 34.1 Å². The van der Waals surface area contributed by atoms with E-state index in [1.54, 1.807) is 6.07 Å². The number of allylic oxidation sites excluding steroid dienone is 1. The molecule has 0 N–H and O–H groups in total. The molecule has 2 aliphatic carbocycles. The number of thiophene rings is 1. The zero-order valence-electron chi connectivity index (χ0n) is 30.2. The Bertz CT molecular complexity index is 3000. The first-order valence-electron chi connectivity index (χ1n) is 18.0. The van der Waals surface area contributed by atoms with E-state index in [4.69, 9.17) is 0 Å². The van der Waals surface area contributed by atoms with Crippen LogP contribution in [0.1, 0.15) is 79.8 Å². The molecule has 0 fully saturated rings. The Balaban J connectivity index is 1.29. The standard InChI is InChI=1S/C48H38O2S2/c1-47(2,3)31-19-15-27(16-20-31)41-35-23-29-26-38-36(24-30(29)25-37(35)43-33-11-7-9-13-39(33)51-45(41)43)42(28-17-21-32(22-18-28)48(4,5)6)46-44(38)34-12-8-10-14-40(34)52(46,49)50/h7-26H,1-6H3. The molecular weight excluding hydrogens is 673 g/mol. The Morgan fingerprint density at radius 1 is 0.519 bits per heavy atom. The van der Waals surface area contributed by atoms with E-state index >= 15 is 0 Å². The second-order valence-corrected chi connectivity index (χ2v) is 19.5. The van der Waals surface area contributed by atoms with Gasteiger partial charge in [0.25, 0.3) is 0 Å². The number of hydrogen-bond donors (Lipinski definition) is 0. The highest BCUT2D eigenvalue weighted by atomic mass is 32.2. The highest BCUT2D eigenvalue weighted by Crippen LogP contribution is 2.51. The molecule has 0 saturated heterocycles. The normalized spacial score (nSPS) is 15.7. The van der Waals surface area contributed by atoms with Crippen molar-refractivity contribution in [2.75, 3.05) is 0 Å². The highest BCUT2D eigenvalue weighted by Gasteiger charge is 2.42. The van der Waals surface area contributed by atoms with Crippen molar-refractivity contribution in [1.29, 1.82) is 0 Å². The summed E-state index contributed by atoms with van der Waals surface area (Å²) in [5, 5.41) is 5.71. The van der Waals surface area contributed by atoms with Crippen LogP contribution in [0.2, 0.25) is 0 Å². The minimum Gasteiger partial charge on any atom is -0.218 e. The fraction of sp³-hybridized carbons (Fsp3) is 0.167. The molecule has 10 rings (SSSR count). The fourth-order valence-corrected chi connectivity index (χ4v) is 11.8. The fourth-order valence-electron chi connectivity index (χ4n) is 8.56. The molecule has 254 valence electrons.